The molecule has 0 unspecified atom stereocenters. The van der Waals surface area contributed by atoms with Crippen LogP contribution in [0.25, 0.3) is 0 Å². The maximum Gasteiger partial charge on any atom is 0.225 e. The highest BCUT2D eigenvalue weighted by molar-refractivity contribution is 5.42. The highest BCUT2D eigenvalue weighted by Crippen LogP contribution is 2.17. The van der Waals surface area contributed by atoms with Gasteiger partial charge in [0, 0.05) is 30.7 Å². The molecule has 7 heteroatoms. The van der Waals surface area contributed by atoms with Gasteiger partial charge < -0.3 is 20.1 Å². The molecule has 0 saturated heterocycles. The SMILES string of the molecule is COc1ccc(OCCNc2cc(C)nc(NCc3cccnc3)n2)cc1. The van der Waals surface area contributed by atoms with Crippen molar-refractivity contribution >= 4 is 11.8 Å². The number of pyridine rings is 1. The van der Waals surface area contributed by atoms with Gasteiger partial charge >= 0.3 is 0 Å². The van der Waals surface area contributed by atoms with Gasteiger partial charge in [-0.25, -0.2) is 4.98 Å². The summed E-state index contributed by atoms with van der Waals surface area (Å²) in [5.74, 6) is 2.95. The van der Waals surface area contributed by atoms with Crippen LogP contribution in [0.5, 0.6) is 11.5 Å². The average molecular weight is 365 g/mol. The van der Waals surface area contributed by atoms with E-state index in [2.05, 4.69) is 25.6 Å². The molecule has 7 nitrogen and oxygen atoms in total. The molecule has 0 spiro atoms. The first-order chi connectivity index (χ1) is 13.2. The molecule has 2 N–H and O–H groups in total. The molecule has 0 bridgehead atoms. The number of methoxy groups -OCH3 is 1. The normalized spacial score (nSPS) is 10.3. The molecule has 140 valence electrons. The standard InChI is InChI=1S/C20H23N5O2/c1-15-12-19(22-10-11-27-18-7-5-17(26-2)6-8-18)25-20(24-15)23-14-16-4-3-9-21-13-16/h3-9,12-13H,10-11,14H2,1-2H3,(H2,22,23,24,25). The number of aryl methyl sites for hydroxylation is 1. The Morgan fingerprint density at radius 2 is 1.81 bits per heavy atom. The first-order valence-corrected chi connectivity index (χ1v) is 8.72. The molecule has 2 heterocycles. The van der Waals surface area contributed by atoms with E-state index in [1.54, 1.807) is 13.3 Å². The average Bonchev–Trinajstić information content (AvgIpc) is 2.70. The van der Waals surface area contributed by atoms with E-state index in [-0.39, 0.29) is 0 Å². The van der Waals surface area contributed by atoms with Gasteiger partial charge in [-0.1, -0.05) is 6.07 Å². The van der Waals surface area contributed by atoms with Crippen molar-refractivity contribution in [3.8, 4) is 11.5 Å². The van der Waals surface area contributed by atoms with Crippen LogP contribution < -0.4 is 20.1 Å². The van der Waals surface area contributed by atoms with Crippen LogP contribution in [0.4, 0.5) is 11.8 Å². The van der Waals surface area contributed by atoms with Gasteiger partial charge in [-0.2, -0.15) is 4.98 Å². The summed E-state index contributed by atoms with van der Waals surface area (Å²) in [6.07, 6.45) is 3.57. The Kier molecular flexibility index (Phi) is 6.40. The van der Waals surface area contributed by atoms with E-state index in [0.29, 0.717) is 25.6 Å². The summed E-state index contributed by atoms with van der Waals surface area (Å²) in [7, 11) is 1.64. The maximum atomic E-state index is 5.71. The summed E-state index contributed by atoms with van der Waals surface area (Å²) >= 11 is 0. The smallest absolute Gasteiger partial charge is 0.225 e. The highest BCUT2D eigenvalue weighted by Gasteiger charge is 2.03. The van der Waals surface area contributed by atoms with Crippen LogP contribution in [0, 0.1) is 6.92 Å². The van der Waals surface area contributed by atoms with Gasteiger partial charge in [0.25, 0.3) is 0 Å². The number of benzene rings is 1. The van der Waals surface area contributed by atoms with Crippen molar-refractivity contribution < 1.29 is 9.47 Å². The Labute approximate surface area is 158 Å². The second kappa shape index (κ2) is 9.38. The quantitative estimate of drug-likeness (QED) is 0.563. The molecule has 3 rings (SSSR count). The van der Waals surface area contributed by atoms with Gasteiger partial charge in [-0.15, -0.1) is 0 Å². The molecular formula is C20H23N5O2. The fraction of sp³-hybridized carbons (Fsp3) is 0.250. The predicted molar refractivity (Wildman–Crippen MR) is 105 cm³/mol. The van der Waals surface area contributed by atoms with Crippen LogP contribution in [-0.4, -0.2) is 35.2 Å². The number of anilines is 2. The van der Waals surface area contributed by atoms with E-state index in [1.807, 2.05) is 55.6 Å². The molecule has 0 aliphatic heterocycles. The molecule has 3 aromatic rings. The molecule has 0 aliphatic rings. The Hall–Kier alpha value is -3.35. The number of rotatable bonds is 9. The van der Waals surface area contributed by atoms with Crippen LogP contribution in [0.3, 0.4) is 0 Å². The first kappa shape index (κ1) is 18.4. The van der Waals surface area contributed by atoms with Gasteiger partial charge in [-0.05, 0) is 42.8 Å². The monoisotopic (exact) mass is 365 g/mol. The fourth-order valence-electron chi connectivity index (χ4n) is 2.44. The molecule has 2 aromatic heterocycles. The second-order valence-corrected chi connectivity index (χ2v) is 5.88. The van der Waals surface area contributed by atoms with Gasteiger partial charge in [0.05, 0.1) is 13.7 Å². The first-order valence-electron chi connectivity index (χ1n) is 8.72. The second-order valence-electron chi connectivity index (χ2n) is 5.88. The molecule has 0 radical (unpaired) electrons. The molecule has 0 aliphatic carbocycles. The topological polar surface area (TPSA) is 81.2 Å². The lowest BCUT2D eigenvalue weighted by Gasteiger charge is -2.11. The summed E-state index contributed by atoms with van der Waals surface area (Å²) < 4.78 is 10.8. The predicted octanol–water partition coefficient (Wildman–Crippen LogP) is 3.29. The number of nitrogens with zero attached hydrogens (tertiary/aromatic N) is 3. The number of ether oxygens (including phenoxy) is 2. The van der Waals surface area contributed by atoms with Crippen molar-refractivity contribution in [2.75, 3.05) is 30.9 Å². The van der Waals surface area contributed by atoms with Crippen LogP contribution in [0.2, 0.25) is 0 Å². The van der Waals surface area contributed by atoms with Crippen molar-refractivity contribution in [3.05, 3.63) is 66.1 Å². The lowest BCUT2D eigenvalue weighted by atomic mass is 10.3. The van der Waals surface area contributed by atoms with E-state index in [4.69, 9.17) is 9.47 Å². The molecule has 0 amide bonds. The molecule has 0 saturated carbocycles. The lowest BCUT2D eigenvalue weighted by Crippen LogP contribution is -2.14. The molecule has 27 heavy (non-hydrogen) atoms. The summed E-state index contributed by atoms with van der Waals surface area (Å²) in [5, 5.41) is 6.49. The van der Waals surface area contributed by atoms with Gasteiger partial charge in [0.1, 0.15) is 23.9 Å². The third-order valence-corrected chi connectivity index (χ3v) is 3.76. The van der Waals surface area contributed by atoms with Crippen molar-refractivity contribution in [2.45, 2.75) is 13.5 Å². The minimum Gasteiger partial charge on any atom is -0.497 e. The maximum absolute atomic E-state index is 5.71. The zero-order chi connectivity index (χ0) is 18.9. The molecular weight excluding hydrogens is 342 g/mol. The van der Waals surface area contributed by atoms with E-state index in [1.165, 1.54) is 0 Å². The third kappa shape index (κ3) is 5.85. The van der Waals surface area contributed by atoms with Gasteiger partial charge in [0.15, 0.2) is 0 Å². The Bertz CT molecular complexity index is 841. The number of hydrogen-bond acceptors (Lipinski definition) is 7. The van der Waals surface area contributed by atoms with Crippen LogP contribution in [-0.2, 0) is 6.54 Å². The zero-order valence-electron chi connectivity index (χ0n) is 15.5. The third-order valence-electron chi connectivity index (χ3n) is 3.76. The van der Waals surface area contributed by atoms with Crippen LogP contribution in [0.15, 0.2) is 54.9 Å². The van der Waals surface area contributed by atoms with Crippen molar-refractivity contribution in [3.63, 3.8) is 0 Å². The number of aromatic nitrogens is 3. The summed E-state index contributed by atoms with van der Waals surface area (Å²) in [6.45, 7) is 3.71. The minimum absolute atomic E-state index is 0.522. The number of hydrogen-bond donors (Lipinski definition) is 2. The Morgan fingerprint density at radius 1 is 1.00 bits per heavy atom. The molecule has 0 fully saturated rings. The van der Waals surface area contributed by atoms with Crippen molar-refractivity contribution in [1.29, 1.82) is 0 Å². The fourth-order valence-corrected chi connectivity index (χ4v) is 2.44. The van der Waals surface area contributed by atoms with Crippen LogP contribution >= 0.6 is 0 Å². The largest absolute Gasteiger partial charge is 0.497 e. The highest BCUT2D eigenvalue weighted by atomic mass is 16.5. The number of nitrogens with one attached hydrogen (secondary N) is 2. The summed E-state index contributed by atoms with van der Waals surface area (Å²) in [6, 6.07) is 13.3. The summed E-state index contributed by atoms with van der Waals surface area (Å²) in [5.41, 5.74) is 1.96. The molecule has 1 aromatic carbocycles. The van der Waals surface area contributed by atoms with Crippen molar-refractivity contribution in [2.24, 2.45) is 0 Å². The van der Waals surface area contributed by atoms with Gasteiger partial charge in [0.2, 0.25) is 5.95 Å². The zero-order valence-corrected chi connectivity index (χ0v) is 15.5. The Morgan fingerprint density at radius 3 is 2.56 bits per heavy atom. The van der Waals surface area contributed by atoms with E-state index in [0.717, 1.165) is 28.6 Å². The van der Waals surface area contributed by atoms with Gasteiger partial charge in [-0.3, -0.25) is 4.98 Å². The minimum atomic E-state index is 0.522. The summed E-state index contributed by atoms with van der Waals surface area (Å²) in [4.78, 5) is 13.0. The van der Waals surface area contributed by atoms with E-state index >= 15 is 0 Å². The lowest BCUT2D eigenvalue weighted by molar-refractivity contribution is 0.331. The van der Waals surface area contributed by atoms with Crippen molar-refractivity contribution in [1.82, 2.24) is 15.0 Å². The van der Waals surface area contributed by atoms with E-state index in [9.17, 15) is 0 Å². The van der Waals surface area contributed by atoms with E-state index < -0.39 is 0 Å². The Balaban J connectivity index is 1.48. The van der Waals surface area contributed by atoms with Crippen LogP contribution in [0.1, 0.15) is 11.3 Å². The molecule has 0 atom stereocenters.